The fourth-order valence-electron chi connectivity index (χ4n) is 4.36. The first kappa shape index (κ1) is 26.5. The number of carbonyl (C=O) groups excluding carboxylic acids is 2. The fourth-order valence-corrected chi connectivity index (χ4v) is 4.36. The minimum absolute atomic E-state index is 0.0350. The van der Waals surface area contributed by atoms with Crippen LogP contribution in [0.5, 0.6) is 0 Å². The molecule has 0 saturated carbocycles. The Morgan fingerprint density at radius 1 is 1.30 bits per heavy atom. The molecule has 3 heterocycles. The van der Waals surface area contributed by atoms with E-state index < -0.39 is 6.10 Å². The largest absolute Gasteiger partial charge is 0.394 e. The van der Waals surface area contributed by atoms with Crippen molar-refractivity contribution in [2.24, 2.45) is 5.92 Å². The van der Waals surface area contributed by atoms with Gasteiger partial charge < -0.3 is 24.2 Å². The van der Waals surface area contributed by atoms with Crippen molar-refractivity contribution in [3.05, 3.63) is 54.0 Å². The number of nitrogens with zero attached hydrogens (tertiary/aromatic N) is 6. The molecule has 2 aromatic heterocycles. The van der Waals surface area contributed by atoms with Crippen LogP contribution in [0.15, 0.2) is 47.1 Å². The number of fused-ring (bicyclic) bond motifs is 2. The van der Waals surface area contributed by atoms with Crippen molar-refractivity contribution < 1.29 is 24.0 Å². The summed E-state index contributed by atoms with van der Waals surface area (Å²) in [5.41, 5.74) is 1.72. The summed E-state index contributed by atoms with van der Waals surface area (Å²) in [6, 6.07) is 10.8. The highest BCUT2D eigenvalue weighted by Gasteiger charge is 2.29. The van der Waals surface area contributed by atoms with Gasteiger partial charge in [-0.25, -0.2) is 0 Å². The highest BCUT2D eigenvalue weighted by atomic mass is 16.5. The Hall–Kier alpha value is -3.57. The topological polar surface area (TPSA) is 127 Å². The van der Waals surface area contributed by atoms with E-state index in [-0.39, 0.29) is 49.2 Å². The second-order valence-corrected chi connectivity index (χ2v) is 9.61. The number of aliphatic hydroxyl groups is 1. The SMILES string of the molecule is C[C@H](CO)N1C[C@H](C)[C@H](CN(C)C(=O)c2cc(-c3ccccc3)on2)OCc2cn(nn2)CCCC1=O. The zero-order valence-corrected chi connectivity index (χ0v) is 21.5. The minimum atomic E-state index is -0.415. The van der Waals surface area contributed by atoms with Crippen molar-refractivity contribution in [2.45, 2.75) is 52.0 Å². The molecule has 0 aliphatic carbocycles. The number of amides is 2. The maximum atomic E-state index is 13.2. The van der Waals surface area contributed by atoms with Gasteiger partial charge in [-0.15, -0.1) is 5.10 Å². The molecule has 198 valence electrons. The second-order valence-electron chi connectivity index (χ2n) is 9.61. The third-order valence-electron chi connectivity index (χ3n) is 6.63. The molecule has 0 radical (unpaired) electrons. The zero-order valence-electron chi connectivity index (χ0n) is 21.5. The number of aliphatic hydroxyl groups excluding tert-OH is 1. The summed E-state index contributed by atoms with van der Waals surface area (Å²) < 4.78 is 13.3. The Kier molecular flexibility index (Phi) is 8.67. The van der Waals surface area contributed by atoms with Crippen LogP contribution in [-0.4, -0.2) is 85.8 Å². The molecule has 0 unspecified atom stereocenters. The number of likely N-dealkylation sites (N-methyl/N-ethyl adjacent to an activating group) is 1. The van der Waals surface area contributed by atoms with Crippen LogP contribution in [0.1, 0.15) is 42.9 Å². The van der Waals surface area contributed by atoms with Crippen LogP contribution in [0.3, 0.4) is 0 Å². The van der Waals surface area contributed by atoms with E-state index in [4.69, 9.17) is 9.26 Å². The average molecular weight is 511 g/mol. The van der Waals surface area contributed by atoms with E-state index in [1.807, 2.05) is 50.4 Å². The maximum absolute atomic E-state index is 13.2. The van der Waals surface area contributed by atoms with Gasteiger partial charge in [-0.05, 0) is 13.3 Å². The Morgan fingerprint density at radius 3 is 2.84 bits per heavy atom. The fraction of sp³-hybridized carbons (Fsp3) is 0.500. The first-order valence-electron chi connectivity index (χ1n) is 12.5. The number of hydrogen-bond donors (Lipinski definition) is 1. The molecule has 1 N–H and O–H groups in total. The number of hydrogen-bond acceptors (Lipinski definition) is 8. The quantitative estimate of drug-likeness (QED) is 0.535. The van der Waals surface area contributed by atoms with Crippen LogP contribution < -0.4 is 0 Å². The van der Waals surface area contributed by atoms with Gasteiger partial charge in [-0.3, -0.25) is 14.3 Å². The third kappa shape index (κ3) is 6.60. The molecular formula is C26H34N6O5. The van der Waals surface area contributed by atoms with Gasteiger partial charge in [0.2, 0.25) is 5.91 Å². The van der Waals surface area contributed by atoms with Crippen molar-refractivity contribution >= 4 is 11.8 Å². The molecule has 1 aliphatic rings. The van der Waals surface area contributed by atoms with Gasteiger partial charge in [0.25, 0.3) is 5.91 Å². The van der Waals surface area contributed by atoms with E-state index >= 15 is 0 Å². The molecule has 4 rings (SSSR count). The standard InChI is InChI=1S/C26H34N6O5/c1-18-13-32(19(2)16-33)25(34)10-7-11-31-14-21(27-29-31)17-36-24(18)15-30(3)26(35)22-12-23(37-28-22)20-8-5-4-6-9-20/h4-6,8-9,12,14,18-19,24,33H,7,10-11,13,15-17H2,1-3H3/t18-,19+,24-/m0/s1. The Balaban J connectivity index is 1.51. The number of ether oxygens (including phenoxy) is 1. The maximum Gasteiger partial charge on any atom is 0.275 e. The number of rotatable bonds is 6. The van der Waals surface area contributed by atoms with Crippen LogP contribution in [0.4, 0.5) is 0 Å². The number of aryl methyl sites for hydroxylation is 1. The molecule has 3 atom stereocenters. The molecule has 2 bridgehead atoms. The lowest BCUT2D eigenvalue weighted by molar-refractivity contribution is -0.136. The molecule has 11 heteroatoms. The van der Waals surface area contributed by atoms with Gasteiger partial charge >= 0.3 is 0 Å². The normalized spacial score (nSPS) is 20.0. The number of aromatic nitrogens is 4. The highest BCUT2D eigenvalue weighted by Crippen LogP contribution is 2.22. The van der Waals surface area contributed by atoms with Crippen LogP contribution in [-0.2, 0) is 22.7 Å². The first-order valence-corrected chi connectivity index (χ1v) is 12.5. The van der Waals surface area contributed by atoms with Gasteiger partial charge in [0, 0.05) is 50.7 Å². The highest BCUT2D eigenvalue weighted by molar-refractivity contribution is 5.93. The Labute approximate surface area is 216 Å². The summed E-state index contributed by atoms with van der Waals surface area (Å²) in [5, 5.41) is 22.0. The van der Waals surface area contributed by atoms with Crippen molar-refractivity contribution in [3.8, 4) is 11.3 Å². The molecule has 37 heavy (non-hydrogen) atoms. The molecule has 1 aliphatic heterocycles. The van der Waals surface area contributed by atoms with E-state index in [0.717, 1.165) is 5.56 Å². The van der Waals surface area contributed by atoms with Crippen LogP contribution in [0, 0.1) is 5.92 Å². The summed E-state index contributed by atoms with van der Waals surface area (Å²) in [6.45, 7) is 5.11. The predicted molar refractivity (Wildman–Crippen MR) is 134 cm³/mol. The lowest BCUT2D eigenvalue weighted by Crippen LogP contribution is -2.47. The Bertz CT molecular complexity index is 1180. The minimum Gasteiger partial charge on any atom is -0.394 e. The summed E-state index contributed by atoms with van der Waals surface area (Å²) in [7, 11) is 1.69. The summed E-state index contributed by atoms with van der Waals surface area (Å²) in [5.74, 6) is 0.0416. The van der Waals surface area contributed by atoms with Crippen LogP contribution >= 0.6 is 0 Å². The second kappa shape index (κ2) is 12.1. The molecule has 0 saturated heterocycles. The molecule has 2 amide bonds. The van der Waals surface area contributed by atoms with Crippen molar-refractivity contribution in [1.82, 2.24) is 30.0 Å². The lowest BCUT2D eigenvalue weighted by atomic mass is 10.0. The van der Waals surface area contributed by atoms with Crippen LogP contribution in [0.25, 0.3) is 11.3 Å². The monoisotopic (exact) mass is 510 g/mol. The number of carbonyl (C=O) groups is 2. The number of benzene rings is 1. The summed E-state index contributed by atoms with van der Waals surface area (Å²) in [4.78, 5) is 29.5. The van der Waals surface area contributed by atoms with Crippen molar-refractivity contribution in [3.63, 3.8) is 0 Å². The van der Waals surface area contributed by atoms with E-state index in [2.05, 4.69) is 15.5 Å². The molecule has 3 aromatic rings. The third-order valence-corrected chi connectivity index (χ3v) is 6.63. The molecule has 0 spiro atoms. The van der Waals surface area contributed by atoms with Gasteiger partial charge in [0.05, 0.1) is 31.6 Å². The Morgan fingerprint density at radius 2 is 2.08 bits per heavy atom. The zero-order chi connectivity index (χ0) is 26.4. The summed E-state index contributed by atoms with van der Waals surface area (Å²) in [6.07, 6.45) is 2.36. The van der Waals surface area contributed by atoms with E-state index in [1.165, 1.54) is 0 Å². The smallest absolute Gasteiger partial charge is 0.275 e. The van der Waals surface area contributed by atoms with Gasteiger partial charge in [0.15, 0.2) is 11.5 Å². The molecule has 11 nitrogen and oxygen atoms in total. The first-order chi connectivity index (χ1) is 17.9. The molecule has 1 aromatic carbocycles. The van der Waals surface area contributed by atoms with Crippen molar-refractivity contribution in [2.75, 3.05) is 26.7 Å². The predicted octanol–water partition coefficient (Wildman–Crippen LogP) is 2.23. The lowest BCUT2D eigenvalue weighted by Gasteiger charge is -2.35. The average Bonchev–Trinajstić information content (AvgIpc) is 3.58. The molecule has 0 fully saturated rings. The van der Waals surface area contributed by atoms with Crippen LogP contribution in [0.2, 0.25) is 0 Å². The van der Waals surface area contributed by atoms with E-state index in [1.54, 1.807) is 27.6 Å². The van der Waals surface area contributed by atoms with E-state index in [9.17, 15) is 14.7 Å². The summed E-state index contributed by atoms with van der Waals surface area (Å²) >= 11 is 0. The van der Waals surface area contributed by atoms with Gasteiger partial charge in [-0.1, -0.05) is 47.6 Å². The van der Waals surface area contributed by atoms with Crippen molar-refractivity contribution in [1.29, 1.82) is 0 Å². The van der Waals surface area contributed by atoms with Gasteiger partial charge in [0.1, 0.15) is 5.69 Å². The van der Waals surface area contributed by atoms with Gasteiger partial charge in [-0.2, -0.15) is 0 Å². The van der Waals surface area contributed by atoms with E-state index in [0.29, 0.717) is 37.4 Å². The molecular weight excluding hydrogens is 476 g/mol.